The largest absolute Gasteiger partial charge is 0.416 e. The van der Waals surface area contributed by atoms with Gasteiger partial charge in [-0.05, 0) is 49.9 Å². The second kappa shape index (κ2) is 7.58. The predicted molar refractivity (Wildman–Crippen MR) is 91.0 cm³/mol. The van der Waals surface area contributed by atoms with Gasteiger partial charge in [0.15, 0.2) is 5.82 Å². The highest BCUT2D eigenvalue weighted by Gasteiger charge is 2.31. The van der Waals surface area contributed by atoms with Crippen LogP contribution in [0.15, 0.2) is 22.7 Å². The Balaban J connectivity index is 1.51. The number of nitrogens with one attached hydrogen (secondary N) is 1. The molecule has 146 valence electrons. The maximum absolute atomic E-state index is 12.7. The number of amides is 2. The summed E-state index contributed by atoms with van der Waals surface area (Å²) in [6.07, 6.45) is -2.91. The Bertz CT molecular complexity index is 811. The van der Waals surface area contributed by atoms with E-state index in [0.717, 1.165) is 25.0 Å². The monoisotopic (exact) mass is 382 g/mol. The van der Waals surface area contributed by atoms with E-state index in [-0.39, 0.29) is 18.5 Å². The van der Waals surface area contributed by atoms with E-state index in [2.05, 4.69) is 15.5 Å². The molecule has 2 aromatic rings. The predicted octanol–water partition coefficient (Wildman–Crippen LogP) is 3.79. The van der Waals surface area contributed by atoms with Gasteiger partial charge in [0, 0.05) is 25.6 Å². The van der Waals surface area contributed by atoms with Crippen LogP contribution in [0.2, 0.25) is 0 Å². The first-order chi connectivity index (χ1) is 12.7. The van der Waals surface area contributed by atoms with Crippen LogP contribution in [-0.2, 0) is 12.7 Å². The van der Waals surface area contributed by atoms with E-state index in [0.29, 0.717) is 35.9 Å². The molecule has 0 spiro atoms. The van der Waals surface area contributed by atoms with Crippen molar-refractivity contribution in [2.45, 2.75) is 45.3 Å². The van der Waals surface area contributed by atoms with Gasteiger partial charge in [-0.1, -0.05) is 11.2 Å². The van der Waals surface area contributed by atoms with Crippen LogP contribution in [-0.4, -0.2) is 34.2 Å². The normalized spacial score (nSPS) is 15.8. The first-order valence-electron chi connectivity index (χ1n) is 8.73. The maximum Gasteiger partial charge on any atom is 0.416 e. The molecule has 0 bridgehead atoms. The number of aromatic nitrogens is 2. The molecule has 0 radical (unpaired) electrons. The minimum Gasteiger partial charge on any atom is -0.339 e. The average Bonchev–Trinajstić information content (AvgIpc) is 3.06. The Morgan fingerprint density at radius 3 is 2.56 bits per heavy atom. The zero-order valence-corrected chi connectivity index (χ0v) is 15.1. The Morgan fingerprint density at radius 1 is 1.30 bits per heavy atom. The van der Waals surface area contributed by atoms with Gasteiger partial charge in [0.05, 0.1) is 5.56 Å². The summed E-state index contributed by atoms with van der Waals surface area (Å²) in [4.78, 5) is 18.3. The summed E-state index contributed by atoms with van der Waals surface area (Å²) in [5.74, 6) is 1.34. The van der Waals surface area contributed by atoms with Crippen LogP contribution >= 0.6 is 0 Å². The van der Waals surface area contributed by atoms with E-state index in [9.17, 15) is 18.0 Å². The third-order valence-electron chi connectivity index (χ3n) is 4.77. The highest BCUT2D eigenvalue weighted by molar-refractivity contribution is 5.74. The molecule has 0 atom stereocenters. The fourth-order valence-electron chi connectivity index (χ4n) is 3.16. The quantitative estimate of drug-likeness (QED) is 0.877. The first kappa shape index (κ1) is 19.2. The summed E-state index contributed by atoms with van der Waals surface area (Å²) in [6.45, 7) is 4.67. The van der Waals surface area contributed by atoms with Crippen molar-refractivity contribution < 1.29 is 22.5 Å². The van der Waals surface area contributed by atoms with Crippen LogP contribution in [0.4, 0.5) is 18.0 Å². The molecule has 0 aliphatic carbocycles. The van der Waals surface area contributed by atoms with E-state index in [1.807, 2.05) is 0 Å². The van der Waals surface area contributed by atoms with Crippen LogP contribution in [0, 0.1) is 13.8 Å². The van der Waals surface area contributed by atoms with Gasteiger partial charge in [-0.25, -0.2) is 4.79 Å². The fourth-order valence-corrected chi connectivity index (χ4v) is 3.16. The molecule has 1 fully saturated rings. The molecular formula is C18H21F3N4O2. The molecule has 0 unspecified atom stereocenters. The molecule has 6 nitrogen and oxygen atoms in total. The Labute approximate surface area is 154 Å². The van der Waals surface area contributed by atoms with Crippen molar-refractivity contribution in [3.63, 3.8) is 0 Å². The number of halogens is 3. The molecule has 2 heterocycles. The number of carbonyl (C=O) groups is 1. The minimum absolute atomic E-state index is 0.146. The highest BCUT2D eigenvalue weighted by atomic mass is 19.4. The van der Waals surface area contributed by atoms with Gasteiger partial charge in [0.25, 0.3) is 0 Å². The van der Waals surface area contributed by atoms with Crippen molar-refractivity contribution in [2.24, 2.45) is 0 Å². The lowest BCUT2D eigenvalue weighted by molar-refractivity contribution is -0.137. The zero-order valence-electron chi connectivity index (χ0n) is 15.1. The number of urea groups is 1. The van der Waals surface area contributed by atoms with Crippen LogP contribution < -0.4 is 5.32 Å². The third-order valence-corrected chi connectivity index (χ3v) is 4.77. The van der Waals surface area contributed by atoms with Gasteiger partial charge in [-0.2, -0.15) is 18.2 Å². The number of hydrogen-bond donors (Lipinski definition) is 1. The van der Waals surface area contributed by atoms with Crippen molar-refractivity contribution in [1.29, 1.82) is 0 Å². The number of rotatable bonds is 3. The molecule has 1 N–H and O–H groups in total. The second-order valence-corrected chi connectivity index (χ2v) is 6.74. The number of likely N-dealkylation sites (tertiary alicyclic amines) is 1. The van der Waals surface area contributed by atoms with Crippen molar-refractivity contribution in [1.82, 2.24) is 20.4 Å². The van der Waals surface area contributed by atoms with Crippen molar-refractivity contribution >= 4 is 6.03 Å². The molecule has 1 aromatic carbocycles. The van der Waals surface area contributed by atoms with Crippen LogP contribution in [0.3, 0.4) is 0 Å². The average molecular weight is 382 g/mol. The zero-order chi connectivity index (χ0) is 19.6. The summed E-state index contributed by atoms with van der Waals surface area (Å²) in [5, 5.41) is 6.57. The molecule has 2 amide bonds. The number of aryl methyl sites for hydroxylation is 2. The number of benzene rings is 1. The molecule has 27 heavy (non-hydrogen) atoms. The standard InChI is InChI=1S/C18H21F3N4O2/c1-11-9-15(18(19,20)21)4-3-14(11)10-22-17(26)25-7-5-13(6-8-25)16-23-12(2)24-27-16/h3-4,9,13H,5-8,10H2,1-2H3,(H,22,26). The molecule has 1 aliphatic heterocycles. The maximum atomic E-state index is 12.7. The van der Waals surface area contributed by atoms with Gasteiger partial charge in [-0.3, -0.25) is 0 Å². The van der Waals surface area contributed by atoms with Gasteiger partial charge in [-0.15, -0.1) is 0 Å². The first-order valence-corrected chi connectivity index (χ1v) is 8.73. The van der Waals surface area contributed by atoms with E-state index < -0.39 is 11.7 Å². The molecule has 1 aliphatic rings. The van der Waals surface area contributed by atoms with Crippen molar-refractivity contribution in [3.8, 4) is 0 Å². The lowest BCUT2D eigenvalue weighted by Crippen LogP contribution is -2.43. The van der Waals surface area contributed by atoms with Gasteiger partial charge >= 0.3 is 12.2 Å². The van der Waals surface area contributed by atoms with Crippen LogP contribution in [0.1, 0.15) is 47.2 Å². The summed E-state index contributed by atoms with van der Waals surface area (Å²) in [6, 6.07) is 3.31. The van der Waals surface area contributed by atoms with E-state index >= 15 is 0 Å². The molecule has 0 saturated carbocycles. The number of nitrogens with zero attached hydrogens (tertiary/aromatic N) is 3. The Hall–Kier alpha value is -2.58. The highest BCUT2D eigenvalue weighted by Crippen LogP contribution is 2.30. The lowest BCUT2D eigenvalue weighted by atomic mass is 9.97. The number of piperidine rings is 1. The summed E-state index contributed by atoms with van der Waals surface area (Å²) < 4.78 is 43.4. The Kier molecular flexibility index (Phi) is 5.38. The molecule has 1 saturated heterocycles. The van der Waals surface area contributed by atoms with Crippen molar-refractivity contribution in [3.05, 3.63) is 46.6 Å². The smallest absolute Gasteiger partial charge is 0.339 e. The van der Waals surface area contributed by atoms with Gasteiger partial charge in [0.2, 0.25) is 5.89 Å². The number of alkyl halides is 3. The van der Waals surface area contributed by atoms with E-state index in [1.54, 1.807) is 18.7 Å². The van der Waals surface area contributed by atoms with E-state index in [1.165, 1.54) is 6.07 Å². The summed E-state index contributed by atoms with van der Waals surface area (Å²) >= 11 is 0. The molecule has 9 heteroatoms. The topological polar surface area (TPSA) is 71.3 Å². The Morgan fingerprint density at radius 2 is 2.00 bits per heavy atom. The minimum atomic E-state index is -4.37. The van der Waals surface area contributed by atoms with Crippen molar-refractivity contribution in [2.75, 3.05) is 13.1 Å². The summed E-state index contributed by atoms with van der Waals surface area (Å²) in [7, 11) is 0. The molecule has 1 aromatic heterocycles. The number of carbonyl (C=O) groups excluding carboxylic acids is 1. The van der Waals surface area contributed by atoms with Crippen LogP contribution in [0.25, 0.3) is 0 Å². The van der Waals surface area contributed by atoms with E-state index in [4.69, 9.17) is 4.52 Å². The number of hydrogen-bond acceptors (Lipinski definition) is 4. The molecule has 3 rings (SSSR count). The molecular weight excluding hydrogens is 361 g/mol. The SMILES string of the molecule is Cc1noc(C2CCN(C(=O)NCc3ccc(C(F)(F)F)cc3C)CC2)n1. The summed E-state index contributed by atoms with van der Waals surface area (Å²) in [5.41, 5.74) is 0.469. The fraction of sp³-hybridized carbons (Fsp3) is 0.500. The van der Waals surface area contributed by atoms with Gasteiger partial charge in [0.1, 0.15) is 0 Å². The van der Waals surface area contributed by atoms with Gasteiger partial charge < -0.3 is 14.7 Å². The third kappa shape index (κ3) is 4.58. The lowest BCUT2D eigenvalue weighted by Gasteiger charge is -2.30. The van der Waals surface area contributed by atoms with Crippen LogP contribution in [0.5, 0.6) is 0 Å². The second-order valence-electron chi connectivity index (χ2n) is 6.74.